The first-order valence-corrected chi connectivity index (χ1v) is 12.0. The number of hydrogen-bond acceptors (Lipinski definition) is 3. The molecule has 2 aromatic rings. The van der Waals surface area contributed by atoms with Crippen LogP contribution in [0.1, 0.15) is 37.5 Å². The van der Waals surface area contributed by atoms with Gasteiger partial charge in [0.2, 0.25) is 10.0 Å². The summed E-state index contributed by atoms with van der Waals surface area (Å²) in [4.78, 5) is 4.43. The summed E-state index contributed by atoms with van der Waals surface area (Å²) in [6.45, 7) is 10.0. The Kier molecular flexibility index (Phi) is 6.19. The van der Waals surface area contributed by atoms with Crippen molar-refractivity contribution >= 4 is 33.0 Å². The molecule has 7 heteroatoms. The Morgan fingerprint density at radius 1 is 0.897 bits per heavy atom. The van der Waals surface area contributed by atoms with Gasteiger partial charge in [-0.3, -0.25) is 4.72 Å². The summed E-state index contributed by atoms with van der Waals surface area (Å²) in [6.07, 6.45) is 1.15. The number of hydrogen-bond donors (Lipinski definition) is 1. The van der Waals surface area contributed by atoms with Crippen molar-refractivity contribution in [2.24, 2.45) is 0 Å². The van der Waals surface area contributed by atoms with Gasteiger partial charge in [-0.05, 0) is 46.5 Å². The highest BCUT2D eigenvalue weighted by Crippen LogP contribution is 2.23. The molecule has 1 saturated heterocycles. The van der Waals surface area contributed by atoms with Gasteiger partial charge in [0.05, 0.1) is 6.26 Å². The summed E-state index contributed by atoms with van der Waals surface area (Å²) in [5.41, 5.74) is 4.42. The van der Waals surface area contributed by atoms with Crippen LogP contribution in [0.2, 0.25) is 0 Å². The minimum absolute atomic E-state index is 0.157. The van der Waals surface area contributed by atoms with Crippen LogP contribution < -0.4 is 4.72 Å². The van der Waals surface area contributed by atoms with Gasteiger partial charge in [0.25, 0.3) is 0 Å². The van der Waals surface area contributed by atoms with Crippen molar-refractivity contribution in [2.45, 2.75) is 39.3 Å². The Hall–Kier alpha value is -2.12. The molecule has 0 atom stereocenters. The van der Waals surface area contributed by atoms with Crippen molar-refractivity contribution in [3.05, 3.63) is 65.2 Å². The van der Waals surface area contributed by atoms with Crippen LogP contribution in [-0.2, 0) is 28.5 Å². The highest BCUT2D eigenvalue weighted by Gasteiger charge is 2.25. The van der Waals surface area contributed by atoms with E-state index in [2.05, 4.69) is 59.6 Å². The van der Waals surface area contributed by atoms with Gasteiger partial charge in [-0.2, -0.15) is 0 Å². The molecule has 0 saturated carbocycles. The van der Waals surface area contributed by atoms with Crippen LogP contribution >= 0.6 is 12.2 Å². The van der Waals surface area contributed by atoms with E-state index in [0.717, 1.165) is 43.1 Å². The summed E-state index contributed by atoms with van der Waals surface area (Å²) < 4.78 is 25.1. The first-order chi connectivity index (χ1) is 13.5. The van der Waals surface area contributed by atoms with Crippen molar-refractivity contribution in [1.82, 2.24) is 9.80 Å². The van der Waals surface area contributed by atoms with Crippen LogP contribution in [0.5, 0.6) is 0 Å². The minimum Gasteiger partial charge on any atom is -0.343 e. The molecule has 0 bridgehead atoms. The van der Waals surface area contributed by atoms with Crippen LogP contribution in [0.15, 0.2) is 48.5 Å². The number of anilines is 1. The number of rotatable bonds is 6. The maximum Gasteiger partial charge on any atom is 0.229 e. The molecule has 5 nitrogen and oxygen atoms in total. The van der Waals surface area contributed by atoms with Gasteiger partial charge in [-0.1, -0.05) is 57.2 Å². The lowest BCUT2D eigenvalue weighted by molar-refractivity contribution is 0.458. The Labute approximate surface area is 179 Å². The Morgan fingerprint density at radius 2 is 1.34 bits per heavy atom. The van der Waals surface area contributed by atoms with Crippen LogP contribution in [0, 0.1) is 0 Å². The van der Waals surface area contributed by atoms with E-state index < -0.39 is 10.0 Å². The fourth-order valence-corrected chi connectivity index (χ4v) is 4.25. The van der Waals surface area contributed by atoms with Gasteiger partial charge >= 0.3 is 0 Å². The van der Waals surface area contributed by atoms with Gasteiger partial charge in [-0.25, -0.2) is 8.42 Å². The van der Waals surface area contributed by atoms with E-state index >= 15 is 0 Å². The molecule has 0 spiro atoms. The monoisotopic (exact) mass is 431 g/mol. The van der Waals surface area contributed by atoms with E-state index in [0.29, 0.717) is 5.69 Å². The van der Waals surface area contributed by atoms with Crippen LogP contribution in [0.3, 0.4) is 0 Å². The predicted octanol–water partition coefficient (Wildman–Crippen LogP) is 3.96. The number of sulfonamides is 1. The van der Waals surface area contributed by atoms with Crippen molar-refractivity contribution in [1.29, 1.82) is 0 Å². The zero-order chi connectivity index (χ0) is 21.2. The van der Waals surface area contributed by atoms with Crippen LogP contribution in [0.25, 0.3) is 0 Å². The normalized spacial score (nSPS) is 15.1. The average Bonchev–Trinajstić information content (AvgIpc) is 2.95. The molecule has 1 N–H and O–H groups in total. The number of benzene rings is 2. The molecule has 1 aliphatic rings. The van der Waals surface area contributed by atoms with Gasteiger partial charge in [-0.15, -0.1) is 0 Å². The molecule has 1 fully saturated rings. The number of thiocarbonyl (C=S) groups is 1. The standard InChI is InChI=1S/C22H29N3O2S2/c1-22(2,3)19-9-5-17(6-10-19)15-24-13-14-25(21(24)28)16-18-7-11-20(12-8-18)23-29(4,26)27/h5-12,23H,13-16H2,1-4H3. The molecule has 2 aromatic carbocycles. The summed E-state index contributed by atoms with van der Waals surface area (Å²) in [5, 5.41) is 0.864. The maximum absolute atomic E-state index is 11.3. The highest BCUT2D eigenvalue weighted by molar-refractivity contribution is 7.92. The fraction of sp³-hybridized carbons (Fsp3) is 0.409. The van der Waals surface area contributed by atoms with Crippen molar-refractivity contribution < 1.29 is 8.42 Å². The smallest absolute Gasteiger partial charge is 0.229 e. The second-order valence-corrected chi connectivity index (χ2v) is 10.8. The third-order valence-corrected chi connectivity index (χ3v) is 6.13. The van der Waals surface area contributed by atoms with Crippen LogP contribution in [0.4, 0.5) is 5.69 Å². The van der Waals surface area contributed by atoms with E-state index in [9.17, 15) is 8.42 Å². The van der Waals surface area contributed by atoms with E-state index in [1.54, 1.807) is 12.1 Å². The molecular weight excluding hydrogens is 402 g/mol. The van der Waals surface area contributed by atoms with Crippen molar-refractivity contribution in [3.63, 3.8) is 0 Å². The van der Waals surface area contributed by atoms with Crippen molar-refractivity contribution in [3.8, 4) is 0 Å². The Morgan fingerprint density at radius 3 is 1.76 bits per heavy atom. The largest absolute Gasteiger partial charge is 0.343 e. The van der Waals surface area contributed by atoms with E-state index in [1.807, 2.05) is 12.1 Å². The quantitative estimate of drug-likeness (QED) is 0.702. The van der Waals surface area contributed by atoms with Gasteiger partial charge in [0.1, 0.15) is 0 Å². The summed E-state index contributed by atoms with van der Waals surface area (Å²) in [6, 6.07) is 16.2. The Balaban J connectivity index is 1.58. The van der Waals surface area contributed by atoms with Crippen LogP contribution in [-0.4, -0.2) is 42.7 Å². The van der Waals surface area contributed by atoms with Crippen molar-refractivity contribution in [2.75, 3.05) is 24.1 Å². The summed E-state index contributed by atoms with van der Waals surface area (Å²) >= 11 is 5.70. The minimum atomic E-state index is -3.26. The molecule has 0 unspecified atom stereocenters. The van der Waals surface area contributed by atoms with Gasteiger partial charge in [0, 0.05) is 31.9 Å². The van der Waals surface area contributed by atoms with Gasteiger partial charge in [0.15, 0.2) is 5.11 Å². The first-order valence-electron chi connectivity index (χ1n) is 9.71. The molecule has 29 heavy (non-hydrogen) atoms. The molecule has 0 aromatic heterocycles. The summed E-state index contributed by atoms with van der Waals surface area (Å²) in [5.74, 6) is 0. The van der Waals surface area contributed by atoms with Gasteiger partial charge < -0.3 is 9.80 Å². The molecule has 0 amide bonds. The lowest BCUT2D eigenvalue weighted by atomic mass is 9.87. The molecule has 1 heterocycles. The highest BCUT2D eigenvalue weighted by atomic mass is 32.2. The second kappa shape index (κ2) is 8.32. The third kappa shape index (κ3) is 5.93. The summed E-state index contributed by atoms with van der Waals surface area (Å²) in [7, 11) is -3.26. The Bertz CT molecular complexity index is 963. The first kappa shape index (κ1) is 21.6. The van der Waals surface area contributed by atoms with E-state index in [4.69, 9.17) is 12.2 Å². The zero-order valence-corrected chi connectivity index (χ0v) is 19.1. The molecule has 1 aliphatic heterocycles. The van der Waals surface area contributed by atoms with E-state index in [-0.39, 0.29) is 5.41 Å². The third-order valence-electron chi connectivity index (χ3n) is 5.00. The second-order valence-electron chi connectivity index (χ2n) is 8.64. The SMILES string of the molecule is CC(C)(C)c1ccc(CN2CCN(Cc3ccc(NS(C)(=O)=O)cc3)C2=S)cc1. The predicted molar refractivity (Wildman–Crippen MR) is 123 cm³/mol. The molecule has 3 rings (SSSR count). The van der Waals surface area contributed by atoms with E-state index in [1.165, 1.54) is 11.1 Å². The fourth-order valence-electron chi connectivity index (χ4n) is 3.37. The zero-order valence-electron chi connectivity index (χ0n) is 17.5. The molecular formula is C22H29N3O2S2. The molecule has 156 valence electrons. The lowest BCUT2D eigenvalue weighted by Gasteiger charge is -2.23. The average molecular weight is 432 g/mol. The topological polar surface area (TPSA) is 52.6 Å². The molecule has 0 aliphatic carbocycles. The molecule has 0 radical (unpaired) electrons. The lowest BCUT2D eigenvalue weighted by Crippen LogP contribution is -2.31. The maximum atomic E-state index is 11.3. The number of nitrogens with zero attached hydrogens (tertiary/aromatic N) is 2. The number of nitrogens with one attached hydrogen (secondary N) is 1.